The van der Waals surface area contributed by atoms with Gasteiger partial charge in [-0.3, -0.25) is 4.79 Å². The van der Waals surface area contributed by atoms with Crippen LogP contribution in [-0.4, -0.2) is 24.4 Å². The van der Waals surface area contributed by atoms with E-state index in [0.29, 0.717) is 37.9 Å². The normalized spacial score (nSPS) is 11.9. The van der Waals surface area contributed by atoms with Crippen molar-refractivity contribution in [2.75, 3.05) is 19.8 Å². The largest absolute Gasteiger partial charge is 0.494 e. The molecule has 2 rings (SSSR count). The monoisotopic (exact) mass is 633 g/mol. The lowest BCUT2D eigenvalue weighted by atomic mass is 10.1. The lowest BCUT2D eigenvalue weighted by Gasteiger charge is -2.19. The van der Waals surface area contributed by atoms with Gasteiger partial charge in [0.1, 0.15) is 19.0 Å². The summed E-state index contributed by atoms with van der Waals surface area (Å²) < 4.78 is 20.7. The van der Waals surface area contributed by atoms with Gasteiger partial charge in [0.2, 0.25) is 5.75 Å². The average molecular weight is 634 g/mol. The molecule has 0 N–H and O–H groups in total. The number of unbranched alkanes of at least 4 members (excludes halogenated alkanes) is 6. The van der Waals surface area contributed by atoms with Gasteiger partial charge in [0.05, 0.1) is 12.1 Å². The number of hydrogen-bond donors (Lipinski definition) is 0. The third-order valence-corrected chi connectivity index (χ3v) is 8.15. The van der Waals surface area contributed by atoms with Gasteiger partial charge in [-0.05, 0) is 104 Å². The van der Waals surface area contributed by atoms with Gasteiger partial charge in [0.25, 0.3) is 5.56 Å². The number of rotatable bonds is 23. The van der Waals surface area contributed by atoms with Crippen molar-refractivity contribution >= 4 is 10.9 Å². The highest BCUT2D eigenvalue weighted by atomic mass is 16.5. The van der Waals surface area contributed by atoms with E-state index in [2.05, 4.69) is 79.7 Å². The Bertz CT molecular complexity index is 1370. The Morgan fingerprint density at radius 2 is 1.24 bits per heavy atom. The first-order valence-electron chi connectivity index (χ1n) is 17.8. The van der Waals surface area contributed by atoms with Crippen molar-refractivity contribution in [1.29, 1.82) is 0 Å². The van der Waals surface area contributed by atoms with Gasteiger partial charge in [0, 0.05) is 18.0 Å². The number of aromatic nitrogens is 1. The minimum absolute atomic E-state index is 0.137. The molecule has 5 heteroatoms. The van der Waals surface area contributed by atoms with Crippen LogP contribution >= 0.6 is 0 Å². The van der Waals surface area contributed by atoms with Crippen LogP contribution in [0.15, 0.2) is 69.6 Å². The van der Waals surface area contributed by atoms with Crippen LogP contribution in [0.4, 0.5) is 0 Å². The molecule has 0 aliphatic carbocycles. The molecule has 0 saturated heterocycles. The van der Waals surface area contributed by atoms with E-state index in [9.17, 15) is 4.79 Å². The number of allylic oxidation sites excluding steroid dienone is 6. The summed E-state index contributed by atoms with van der Waals surface area (Å²) in [6, 6.07) is 6.03. The third-order valence-electron chi connectivity index (χ3n) is 8.15. The zero-order valence-electron chi connectivity index (χ0n) is 30.4. The Hall–Kier alpha value is -3.21. The van der Waals surface area contributed by atoms with Crippen LogP contribution in [0.25, 0.3) is 10.9 Å². The van der Waals surface area contributed by atoms with Crippen LogP contribution in [0.2, 0.25) is 0 Å². The lowest BCUT2D eigenvalue weighted by Crippen LogP contribution is -2.24. The van der Waals surface area contributed by atoms with Gasteiger partial charge >= 0.3 is 0 Å². The number of ether oxygens (including phenoxy) is 3. The molecule has 46 heavy (non-hydrogen) atoms. The van der Waals surface area contributed by atoms with Crippen molar-refractivity contribution in [3.05, 3.63) is 75.1 Å². The molecular formula is C41H63NO4. The molecule has 0 radical (unpaired) electrons. The van der Waals surface area contributed by atoms with Crippen molar-refractivity contribution in [3.8, 4) is 17.2 Å². The maximum absolute atomic E-state index is 14.2. The zero-order valence-corrected chi connectivity index (χ0v) is 30.4. The summed E-state index contributed by atoms with van der Waals surface area (Å²) in [6.07, 6.45) is 21.7. The minimum Gasteiger partial charge on any atom is -0.494 e. The number of nitrogens with zero attached hydrogens (tertiary/aromatic N) is 1. The standard InChI is InChI=1S/C41H63NO4/c1-9-11-13-14-15-16-27-42-38-31-36(44-28-12-10-2)23-24-37(38)39(45-29-25-34(7)21-17-19-32(3)4)40(41(42)43)46-30-26-35(8)22-18-20-33(5)6/h19-20,23-26,31H,9-18,21-22,27-30H2,1-8H3/b34-25+,35-26+. The smallest absolute Gasteiger partial charge is 0.297 e. The number of fused-ring (bicyclic) bond motifs is 1. The van der Waals surface area contributed by atoms with Crippen LogP contribution in [0.1, 0.15) is 132 Å². The van der Waals surface area contributed by atoms with Crippen molar-refractivity contribution in [3.63, 3.8) is 0 Å². The average Bonchev–Trinajstić information content (AvgIpc) is 3.01. The first-order chi connectivity index (χ1) is 22.2. The highest BCUT2D eigenvalue weighted by Gasteiger charge is 2.20. The molecule has 0 aliphatic rings. The first kappa shape index (κ1) is 39.0. The van der Waals surface area contributed by atoms with E-state index < -0.39 is 0 Å². The van der Waals surface area contributed by atoms with E-state index in [0.717, 1.165) is 68.0 Å². The molecule has 0 aliphatic heterocycles. The number of pyridine rings is 1. The van der Waals surface area contributed by atoms with Gasteiger partial charge in [0.15, 0.2) is 5.75 Å². The molecule has 2 aromatic rings. The summed E-state index contributed by atoms with van der Waals surface area (Å²) in [5.74, 6) is 1.59. The highest BCUT2D eigenvalue weighted by Crippen LogP contribution is 2.35. The molecule has 1 aromatic heterocycles. The van der Waals surface area contributed by atoms with Crippen LogP contribution in [0, 0.1) is 0 Å². The van der Waals surface area contributed by atoms with Gasteiger partial charge < -0.3 is 18.8 Å². The quantitative estimate of drug-likeness (QED) is 0.0902. The summed E-state index contributed by atoms with van der Waals surface area (Å²) in [5.41, 5.74) is 5.87. The summed E-state index contributed by atoms with van der Waals surface area (Å²) >= 11 is 0. The predicted molar refractivity (Wildman–Crippen MR) is 198 cm³/mol. The van der Waals surface area contributed by atoms with Crippen molar-refractivity contribution < 1.29 is 14.2 Å². The van der Waals surface area contributed by atoms with Crippen LogP contribution in [0.5, 0.6) is 17.2 Å². The fraction of sp³-hybridized carbons (Fsp3) is 0.585. The fourth-order valence-electron chi connectivity index (χ4n) is 5.26. The summed E-state index contributed by atoms with van der Waals surface area (Å²) in [7, 11) is 0. The zero-order chi connectivity index (χ0) is 33.7. The molecular weight excluding hydrogens is 570 g/mol. The topological polar surface area (TPSA) is 49.7 Å². The fourth-order valence-corrected chi connectivity index (χ4v) is 5.26. The Morgan fingerprint density at radius 1 is 0.674 bits per heavy atom. The Kier molecular flexibility index (Phi) is 18.9. The molecule has 0 atom stereocenters. The predicted octanol–water partition coefficient (Wildman–Crippen LogP) is 11.7. The SMILES string of the molecule is CCCCCCCCn1c(=O)c(OC/C=C(\C)CCC=C(C)C)c(OC/C=C(\C)CCC=C(C)C)c2ccc(OCCCC)cc21. The second kappa shape index (κ2) is 22.3. The first-order valence-corrected chi connectivity index (χ1v) is 17.8. The van der Waals surface area contributed by atoms with Gasteiger partial charge in [-0.15, -0.1) is 0 Å². The van der Waals surface area contributed by atoms with Crippen LogP contribution in [-0.2, 0) is 6.54 Å². The molecule has 1 heterocycles. The number of aryl methyl sites for hydroxylation is 1. The Morgan fingerprint density at radius 3 is 1.83 bits per heavy atom. The summed E-state index contributed by atoms with van der Waals surface area (Å²) in [5, 5.41) is 0.878. The maximum atomic E-state index is 14.2. The second-order valence-electron chi connectivity index (χ2n) is 13.1. The van der Waals surface area contributed by atoms with Gasteiger partial charge in [-0.25, -0.2) is 0 Å². The number of hydrogen-bond acceptors (Lipinski definition) is 4. The van der Waals surface area contributed by atoms with Crippen LogP contribution in [0.3, 0.4) is 0 Å². The van der Waals surface area contributed by atoms with Crippen molar-refractivity contribution in [1.82, 2.24) is 4.57 Å². The van der Waals surface area contributed by atoms with Gasteiger partial charge in [-0.2, -0.15) is 0 Å². The molecule has 256 valence electrons. The molecule has 0 bridgehead atoms. The van der Waals surface area contributed by atoms with Crippen LogP contribution < -0.4 is 19.8 Å². The Labute approximate surface area is 280 Å². The lowest BCUT2D eigenvalue weighted by molar-refractivity contribution is 0.302. The highest BCUT2D eigenvalue weighted by molar-refractivity contribution is 5.89. The molecule has 0 fully saturated rings. The molecule has 1 aromatic carbocycles. The van der Waals surface area contributed by atoms with E-state index in [4.69, 9.17) is 14.2 Å². The molecule has 0 saturated carbocycles. The molecule has 0 amide bonds. The molecule has 0 spiro atoms. The van der Waals surface area contributed by atoms with E-state index >= 15 is 0 Å². The Balaban J connectivity index is 2.49. The third kappa shape index (κ3) is 14.5. The van der Waals surface area contributed by atoms with Crippen molar-refractivity contribution in [2.24, 2.45) is 0 Å². The van der Waals surface area contributed by atoms with E-state index in [1.807, 2.05) is 22.8 Å². The van der Waals surface area contributed by atoms with E-state index in [1.165, 1.54) is 48.0 Å². The minimum atomic E-state index is -0.137. The summed E-state index contributed by atoms with van der Waals surface area (Å²) in [6.45, 7) is 19.2. The second-order valence-corrected chi connectivity index (χ2v) is 13.1. The van der Waals surface area contributed by atoms with Gasteiger partial charge in [-0.1, -0.05) is 86.8 Å². The molecule has 0 unspecified atom stereocenters. The van der Waals surface area contributed by atoms with E-state index in [-0.39, 0.29) is 5.56 Å². The maximum Gasteiger partial charge on any atom is 0.297 e. The summed E-state index contributed by atoms with van der Waals surface area (Å²) in [4.78, 5) is 14.2. The van der Waals surface area contributed by atoms with E-state index in [1.54, 1.807) is 0 Å². The molecule has 5 nitrogen and oxygen atoms in total. The number of benzene rings is 1. The van der Waals surface area contributed by atoms with Crippen molar-refractivity contribution in [2.45, 2.75) is 139 Å².